The van der Waals surface area contributed by atoms with Crippen molar-refractivity contribution in [2.45, 2.75) is 6.92 Å². The van der Waals surface area contributed by atoms with Gasteiger partial charge in [0.25, 0.3) is 11.2 Å². The van der Waals surface area contributed by atoms with Crippen LogP contribution in [-0.4, -0.2) is 19.5 Å². The molecular formula is C22H15IN4O3. The molecule has 2 aromatic heterocycles. The van der Waals surface area contributed by atoms with Crippen LogP contribution >= 0.6 is 22.6 Å². The van der Waals surface area contributed by atoms with E-state index in [1.54, 1.807) is 43.5 Å². The van der Waals surface area contributed by atoms with Crippen LogP contribution in [0.5, 0.6) is 0 Å². The molecule has 0 aliphatic carbocycles. The molecule has 0 aliphatic heterocycles. The number of pyridine rings is 1. The molecule has 30 heavy (non-hydrogen) atoms. The van der Waals surface area contributed by atoms with Crippen LogP contribution in [0.1, 0.15) is 17.1 Å². The first-order chi connectivity index (χ1) is 14.4. The second kappa shape index (κ2) is 8.15. The van der Waals surface area contributed by atoms with E-state index in [9.17, 15) is 14.9 Å². The van der Waals surface area contributed by atoms with Gasteiger partial charge in [-0.15, -0.1) is 0 Å². The smallest absolute Gasteiger partial charge is 0.268 e. The summed E-state index contributed by atoms with van der Waals surface area (Å²) in [6.45, 7) is 1.80. The highest BCUT2D eigenvalue weighted by Crippen LogP contribution is 2.23. The second-order valence-electron chi connectivity index (χ2n) is 6.59. The van der Waals surface area contributed by atoms with Crippen molar-refractivity contribution in [3.05, 3.63) is 102 Å². The number of aryl methyl sites for hydroxylation is 1. The van der Waals surface area contributed by atoms with E-state index in [1.807, 2.05) is 24.3 Å². The van der Waals surface area contributed by atoms with Gasteiger partial charge in [-0.2, -0.15) is 0 Å². The Hall–Kier alpha value is -3.40. The zero-order valence-electron chi connectivity index (χ0n) is 15.8. The minimum Gasteiger partial charge on any atom is -0.268 e. The normalized spacial score (nSPS) is 11.3. The van der Waals surface area contributed by atoms with Crippen LogP contribution in [0.4, 0.5) is 5.69 Å². The van der Waals surface area contributed by atoms with Crippen LogP contribution < -0.4 is 5.56 Å². The van der Waals surface area contributed by atoms with Gasteiger partial charge in [0, 0.05) is 21.9 Å². The molecule has 0 N–H and O–H groups in total. The second-order valence-corrected chi connectivity index (χ2v) is 7.83. The van der Waals surface area contributed by atoms with Crippen LogP contribution in [0.15, 0.2) is 65.6 Å². The zero-order valence-corrected chi connectivity index (χ0v) is 18.0. The first kappa shape index (κ1) is 19.9. The van der Waals surface area contributed by atoms with Crippen LogP contribution in [0.25, 0.3) is 28.7 Å². The number of halogens is 1. The first-order valence-electron chi connectivity index (χ1n) is 9.01. The summed E-state index contributed by atoms with van der Waals surface area (Å²) in [4.78, 5) is 33.2. The van der Waals surface area contributed by atoms with Crippen molar-refractivity contribution in [3.63, 3.8) is 0 Å². The van der Waals surface area contributed by atoms with Crippen LogP contribution in [0.3, 0.4) is 0 Å². The monoisotopic (exact) mass is 510 g/mol. The van der Waals surface area contributed by atoms with Crippen molar-refractivity contribution in [1.82, 2.24) is 14.5 Å². The number of nitrogens with zero attached hydrogens (tertiary/aromatic N) is 4. The van der Waals surface area contributed by atoms with E-state index in [-0.39, 0.29) is 11.2 Å². The molecule has 0 atom stereocenters. The van der Waals surface area contributed by atoms with Gasteiger partial charge in [-0.25, -0.2) is 4.98 Å². The highest BCUT2D eigenvalue weighted by molar-refractivity contribution is 14.1. The topological polar surface area (TPSA) is 90.9 Å². The van der Waals surface area contributed by atoms with Crippen molar-refractivity contribution in [2.75, 3.05) is 0 Å². The van der Waals surface area contributed by atoms with Crippen molar-refractivity contribution >= 4 is 51.3 Å². The molecule has 4 aromatic rings. The van der Waals surface area contributed by atoms with Gasteiger partial charge < -0.3 is 0 Å². The Bertz CT molecular complexity index is 1360. The van der Waals surface area contributed by atoms with Gasteiger partial charge in [-0.1, -0.05) is 12.1 Å². The van der Waals surface area contributed by atoms with Gasteiger partial charge in [0.05, 0.1) is 27.2 Å². The van der Waals surface area contributed by atoms with Gasteiger partial charge in [0.2, 0.25) is 0 Å². The number of fused-ring (bicyclic) bond motifs is 1. The summed E-state index contributed by atoms with van der Waals surface area (Å²) in [6.07, 6.45) is 5.12. The summed E-state index contributed by atoms with van der Waals surface area (Å²) in [6, 6.07) is 15.4. The van der Waals surface area contributed by atoms with Gasteiger partial charge >= 0.3 is 0 Å². The third-order valence-corrected chi connectivity index (χ3v) is 5.26. The molecule has 7 nitrogen and oxygen atoms in total. The number of nitro groups is 1. The fourth-order valence-corrected chi connectivity index (χ4v) is 3.60. The van der Waals surface area contributed by atoms with E-state index < -0.39 is 4.92 Å². The number of non-ortho nitro benzene ring substituents is 1. The molecule has 2 heterocycles. The summed E-state index contributed by atoms with van der Waals surface area (Å²) in [5.41, 5.74) is 2.02. The van der Waals surface area contributed by atoms with Crippen LogP contribution in [0, 0.1) is 20.6 Å². The highest BCUT2D eigenvalue weighted by atomic mass is 127. The Balaban J connectivity index is 2.02. The fourth-order valence-electron chi connectivity index (χ4n) is 3.11. The van der Waals surface area contributed by atoms with Gasteiger partial charge in [-0.3, -0.25) is 24.5 Å². The molecule has 0 bridgehead atoms. The molecular weight excluding hydrogens is 495 g/mol. The average Bonchev–Trinajstić information content (AvgIpc) is 2.74. The van der Waals surface area contributed by atoms with E-state index in [4.69, 9.17) is 0 Å². The van der Waals surface area contributed by atoms with E-state index in [0.717, 1.165) is 9.13 Å². The lowest BCUT2D eigenvalue weighted by atomic mass is 10.1. The van der Waals surface area contributed by atoms with Crippen molar-refractivity contribution < 1.29 is 4.92 Å². The maximum absolute atomic E-state index is 13.4. The average molecular weight is 510 g/mol. The Labute approximate surface area is 185 Å². The van der Waals surface area contributed by atoms with E-state index in [1.165, 1.54) is 16.7 Å². The molecule has 0 amide bonds. The summed E-state index contributed by atoms with van der Waals surface area (Å²) in [5, 5.41) is 11.8. The van der Waals surface area contributed by atoms with E-state index in [0.29, 0.717) is 28.1 Å². The molecule has 2 aromatic carbocycles. The molecule has 0 radical (unpaired) electrons. The number of benzene rings is 2. The van der Waals surface area contributed by atoms with Crippen molar-refractivity contribution in [1.29, 1.82) is 0 Å². The molecule has 148 valence electrons. The lowest BCUT2D eigenvalue weighted by Crippen LogP contribution is -2.23. The quantitative estimate of drug-likeness (QED) is 0.224. The number of aromatic nitrogens is 3. The number of rotatable bonds is 4. The molecule has 0 aliphatic rings. The van der Waals surface area contributed by atoms with E-state index >= 15 is 0 Å². The summed E-state index contributed by atoms with van der Waals surface area (Å²) >= 11 is 2.14. The molecule has 0 spiro atoms. The largest absolute Gasteiger partial charge is 0.271 e. The Kier molecular flexibility index (Phi) is 5.40. The van der Waals surface area contributed by atoms with Gasteiger partial charge in [0.15, 0.2) is 0 Å². The van der Waals surface area contributed by atoms with Crippen molar-refractivity contribution in [3.8, 4) is 5.69 Å². The van der Waals surface area contributed by atoms with Crippen LogP contribution in [0.2, 0.25) is 0 Å². The molecule has 0 fully saturated rings. The minimum atomic E-state index is -0.477. The Morgan fingerprint density at radius 2 is 1.93 bits per heavy atom. The number of hydrogen-bond acceptors (Lipinski definition) is 5. The number of nitro benzene ring substituents is 1. The third-order valence-electron chi connectivity index (χ3n) is 4.59. The SMILES string of the molecule is Cc1ccc([N+](=O)[O-])cc1-n1c(/C=C/c2ccccn2)nc2ccc(I)cc2c1=O. The zero-order chi connectivity index (χ0) is 21.3. The molecule has 8 heteroatoms. The predicted molar refractivity (Wildman–Crippen MR) is 125 cm³/mol. The van der Waals surface area contributed by atoms with Crippen LogP contribution in [-0.2, 0) is 0 Å². The summed E-state index contributed by atoms with van der Waals surface area (Å²) < 4.78 is 2.32. The lowest BCUT2D eigenvalue weighted by Gasteiger charge is -2.14. The molecule has 4 rings (SSSR count). The summed E-state index contributed by atoms with van der Waals surface area (Å²) in [5.74, 6) is 0.364. The predicted octanol–water partition coefficient (Wildman–Crippen LogP) is 4.77. The van der Waals surface area contributed by atoms with Crippen molar-refractivity contribution in [2.24, 2.45) is 0 Å². The van der Waals surface area contributed by atoms with Gasteiger partial charge in [-0.05, 0) is 77.6 Å². The molecule has 0 unspecified atom stereocenters. The standard InChI is InChI=1S/C22H15IN4O3/c1-14-5-8-17(27(29)30)13-20(14)26-21(10-7-16-4-2-3-11-24-16)25-19-9-6-15(23)12-18(19)22(26)28/h2-13H,1H3/b10-7+. The maximum Gasteiger partial charge on any atom is 0.271 e. The molecule has 0 saturated carbocycles. The fraction of sp³-hybridized carbons (Fsp3) is 0.0455. The van der Waals surface area contributed by atoms with Gasteiger partial charge in [0.1, 0.15) is 5.82 Å². The number of hydrogen-bond donors (Lipinski definition) is 0. The first-order valence-corrected chi connectivity index (χ1v) is 10.1. The third kappa shape index (κ3) is 3.86. The highest BCUT2D eigenvalue weighted by Gasteiger charge is 2.16. The summed E-state index contributed by atoms with van der Waals surface area (Å²) in [7, 11) is 0. The maximum atomic E-state index is 13.4. The Morgan fingerprint density at radius 1 is 1.10 bits per heavy atom. The molecule has 0 saturated heterocycles. The van der Waals surface area contributed by atoms with E-state index in [2.05, 4.69) is 32.6 Å². The Morgan fingerprint density at radius 3 is 2.67 bits per heavy atom. The lowest BCUT2D eigenvalue weighted by molar-refractivity contribution is -0.384. The minimum absolute atomic E-state index is 0.0927.